The Kier molecular flexibility index (Phi) is 3.26. The van der Waals surface area contributed by atoms with Crippen LogP contribution in [0, 0.1) is 13.8 Å². The highest BCUT2D eigenvalue weighted by Gasteiger charge is 2.12. The Morgan fingerprint density at radius 1 is 1.17 bits per heavy atom. The minimum Gasteiger partial charge on any atom is -0.364 e. The van der Waals surface area contributed by atoms with Gasteiger partial charge in [-0.15, -0.1) is 0 Å². The predicted molar refractivity (Wildman–Crippen MR) is 88.2 cm³/mol. The molecule has 7 nitrogen and oxygen atoms in total. The van der Waals surface area contributed by atoms with Gasteiger partial charge in [0.15, 0.2) is 5.65 Å². The van der Waals surface area contributed by atoms with Crippen LogP contribution in [-0.4, -0.2) is 24.5 Å². The molecule has 0 fully saturated rings. The number of aromatic nitrogens is 5. The van der Waals surface area contributed by atoms with E-state index in [1.54, 1.807) is 16.9 Å². The third-order valence-electron chi connectivity index (χ3n) is 3.83. The molecular weight excluding hydrogens is 306 g/mol. The van der Waals surface area contributed by atoms with E-state index in [-0.39, 0.29) is 5.56 Å². The zero-order valence-corrected chi connectivity index (χ0v) is 13.3. The van der Waals surface area contributed by atoms with E-state index < -0.39 is 0 Å². The summed E-state index contributed by atoms with van der Waals surface area (Å²) in [4.78, 5) is 17.1. The summed E-state index contributed by atoms with van der Waals surface area (Å²) in [5.41, 5.74) is 4.21. The summed E-state index contributed by atoms with van der Waals surface area (Å²) in [6.07, 6.45) is 4.55. The van der Waals surface area contributed by atoms with Crippen molar-refractivity contribution in [2.45, 2.75) is 20.4 Å². The van der Waals surface area contributed by atoms with Crippen LogP contribution in [0.4, 0.5) is 0 Å². The van der Waals surface area contributed by atoms with Crippen LogP contribution >= 0.6 is 0 Å². The predicted octanol–water partition coefficient (Wildman–Crippen LogP) is 2.24. The number of benzene rings is 1. The number of fused-ring (bicyclic) bond motifs is 1. The van der Waals surface area contributed by atoms with Crippen molar-refractivity contribution in [3.63, 3.8) is 0 Å². The lowest BCUT2D eigenvalue weighted by atomic mass is 10.1. The van der Waals surface area contributed by atoms with E-state index in [2.05, 4.69) is 21.3 Å². The molecule has 0 spiro atoms. The molecule has 0 aliphatic rings. The van der Waals surface area contributed by atoms with E-state index in [0.29, 0.717) is 23.3 Å². The minimum atomic E-state index is -0.154. The molecule has 0 radical (unpaired) electrons. The first kappa shape index (κ1) is 14.4. The molecule has 24 heavy (non-hydrogen) atoms. The van der Waals surface area contributed by atoms with Gasteiger partial charge in [0, 0.05) is 6.07 Å². The second kappa shape index (κ2) is 5.45. The summed E-state index contributed by atoms with van der Waals surface area (Å²) in [7, 11) is 0. The van der Waals surface area contributed by atoms with Crippen LogP contribution in [-0.2, 0) is 6.54 Å². The SMILES string of the molecule is Cc1cc(C)cc(-n2ncc3c(=O)n(Cc4ccon4)cnc32)c1. The fraction of sp³-hybridized carbons (Fsp3) is 0.176. The highest BCUT2D eigenvalue weighted by molar-refractivity contribution is 5.75. The van der Waals surface area contributed by atoms with Gasteiger partial charge in [0.1, 0.15) is 23.7 Å². The molecule has 3 heterocycles. The third kappa shape index (κ3) is 2.40. The number of hydrogen-bond acceptors (Lipinski definition) is 5. The van der Waals surface area contributed by atoms with Gasteiger partial charge in [-0.2, -0.15) is 5.10 Å². The Hall–Kier alpha value is -3.22. The van der Waals surface area contributed by atoms with Gasteiger partial charge in [-0.05, 0) is 37.1 Å². The van der Waals surface area contributed by atoms with Crippen LogP contribution < -0.4 is 5.56 Å². The fourth-order valence-corrected chi connectivity index (χ4v) is 2.82. The number of nitrogens with zero attached hydrogens (tertiary/aromatic N) is 5. The van der Waals surface area contributed by atoms with Crippen LogP contribution in [0.3, 0.4) is 0 Å². The van der Waals surface area contributed by atoms with Gasteiger partial charge in [0.2, 0.25) is 0 Å². The zero-order valence-electron chi connectivity index (χ0n) is 13.3. The topological polar surface area (TPSA) is 78.7 Å². The molecule has 0 atom stereocenters. The molecule has 0 bridgehead atoms. The fourth-order valence-electron chi connectivity index (χ4n) is 2.82. The van der Waals surface area contributed by atoms with E-state index in [4.69, 9.17) is 4.52 Å². The van der Waals surface area contributed by atoms with Crippen LogP contribution in [0.1, 0.15) is 16.8 Å². The largest absolute Gasteiger partial charge is 0.364 e. The Bertz CT molecular complexity index is 1060. The number of rotatable bonds is 3. The molecule has 1 aromatic carbocycles. The van der Waals surface area contributed by atoms with E-state index >= 15 is 0 Å². The molecular formula is C17H15N5O2. The first-order valence-electron chi connectivity index (χ1n) is 7.53. The Labute approximate surface area is 137 Å². The molecule has 120 valence electrons. The lowest BCUT2D eigenvalue weighted by molar-refractivity contribution is 0.409. The molecule has 0 N–H and O–H groups in total. The minimum absolute atomic E-state index is 0.154. The Balaban J connectivity index is 1.83. The highest BCUT2D eigenvalue weighted by Crippen LogP contribution is 2.17. The van der Waals surface area contributed by atoms with Gasteiger partial charge in [0.25, 0.3) is 5.56 Å². The molecule has 0 aliphatic carbocycles. The van der Waals surface area contributed by atoms with Gasteiger partial charge in [-0.1, -0.05) is 11.2 Å². The van der Waals surface area contributed by atoms with Crippen molar-refractivity contribution >= 4 is 11.0 Å². The van der Waals surface area contributed by atoms with Crippen LogP contribution in [0.2, 0.25) is 0 Å². The number of aryl methyl sites for hydroxylation is 2. The zero-order chi connectivity index (χ0) is 16.7. The van der Waals surface area contributed by atoms with Crippen LogP contribution in [0.25, 0.3) is 16.7 Å². The van der Waals surface area contributed by atoms with Crippen molar-refractivity contribution in [3.05, 3.63) is 70.2 Å². The summed E-state index contributed by atoms with van der Waals surface area (Å²) >= 11 is 0. The maximum atomic E-state index is 12.6. The molecule has 0 saturated heterocycles. The van der Waals surface area contributed by atoms with Crippen LogP contribution in [0.5, 0.6) is 0 Å². The first-order valence-corrected chi connectivity index (χ1v) is 7.53. The first-order chi connectivity index (χ1) is 11.6. The smallest absolute Gasteiger partial charge is 0.264 e. The van der Waals surface area contributed by atoms with Gasteiger partial charge in [-0.25, -0.2) is 9.67 Å². The summed E-state index contributed by atoms with van der Waals surface area (Å²) in [6, 6.07) is 7.84. The highest BCUT2D eigenvalue weighted by atomic mass is 16.5. The average molecular weight is 321 g/mol. The van der Waals surface area contributed by atoms with Gasteiger partial charge in [-0.3, -0.25) is 9.36 Å². The molecule has 4 rings (SSSR count). The summed E-state index contributed by atoms with van der Waals surface area (Å²) in [5, 5.41) is 8.65. The number of hydrogen-bond donors (Lipinski definition) is 0. The van der Waals surface area contributed by atoms with Gasteiger partial charge in [0.05, 0.1) is 18.4 Å². The lowest BCUT2D eigenvalue weighted by Gasteiger charge is -2.07. The van der Waals surface area contributed by atoms with Crippen molar-refractivity contribution in [3.8, 4) is 5.69 Å². The second-order valence-corrected chi connectivity index (χ2v) is 5.81. The third-order valence-corrected chi connectivity index (χ3v) is 3.83. The summed E-state index contributed by atoms with van der Waals surface area (Å²) in [5.74, 6) is 0. The lowest BCUT2D eigenvalue weighted by Crippen LogP contribution is -2.21. The normalized spacial score (nSPS) is 11.2. The van der Waals surface area contributed by atoms with Crippen molar-refractivity contribution in [2.24, 2.45) is 0 Å². The summed E-state index contributed by atoms with van der Waals surface area (Å²) < 4.78 is 7.98. The maximum absolute atomic E-state index is 12.6. The molecule has 0 saturated carbocycles. The van der Waals surface area contributed by atoms with Gasteiger partial charge < -0.3 is 4.52 Å². The second-order valence-electron chi connectivity index (χ2n) is 5.81. The Morgan fingerprint density at radius 3 is 2.67 bits per heavy atom. The van der Waals surface area contributed by atoms with E-state index in [0.717, 1.165) is 16.8 Å². The molecule has 0 amide bonds. The molecule has 7 heteroatoms. The molecule has 3 aromatic heterocycles. The average Bonchev–Trinajstić information content (AvgIpc) is 3.19. The molecule has 0 aliphatic heterocycles. The van der Waals surface area contributed by atoms with Crippen molar-refractivity contribution in [1.82, 2.24) is 24.5 Å². The quantitative estimate of drug-likeness (QED) is 0.578. The maximum Gasteiger partial charge on any atom is 0.264 e. The van der Waals surface area contributed by atoms with Crippen molar-refractivity contribution in [1.29, 1.82) is 0 Å². The van der Waals surface area contributed by atoms with Gasteiger partial charge >= 0.3 is 0 Å². The van der Waals surface area contributed by atoms with E-state index in [1.165, 1.54) is 17.2 Å². The van der Waals surface area contributed by atoms with Crippen molar-refractivity contribution in [2.75, 3.05) is 0 Å². The van der Waals surface area contributed by atoms with Crippen molar-refractivity contribution < 1.29 is 4.52 Å². The Morgan fingerprint density at radius 2 is 1.96 bits per heavy atom. The monoisotopic (exact) mass is 321 g/mol. The molecule has 0 unspecified atom stereocenters. The summed E-state index contributed by atoms with van der Waals surface area (Å²) in [6.45, 7) is 4.37. The van der Waals surface area contributed by atoms with E-state index in [1.807, 2.05) is 26.0 Å². The standard InChI is InChI=1S/C17H15N5O2/c1-11-5-12(2)7-14(6-11)22-16-15(8-19-22)17(23)21(10-18-16)9-13-3-4-24-20-13/h3-8,10H,9H2,1-2H3. The van der Waals surface area contributed by atoms with Crippen LogP contribution in [0.15, 0.2) is 52.4 Å². The van der Waals surface area contributed by atoms with E-state index in [9.17, 15) is 4.79 Å². The molecule has 4 aromatic rings.